The Kier molecular flexibility index (Phi) is 5.95. The van der Waals surface area contributed by atoms with E-state index in [1.165, 1.54) is 18.5 Å². The van der Waals surface area contributed by atoms with E-state index in [1.54, 1.807) is 0 Å². The molecular weight excluding hydrogens is 248 g/mol. The van der Waals surface area contributed by atoms with Gasteiger partial charge >= 0.3 is 0 Å². The van der Waals surface area contributed by atoms with Crippen molar-refractivity contribution in [1.29, 1.82) is 0 Å². The Morgan fingerprint density at radius 2 is 2.00 bits per heavy atom. The highest BCUT2D eigenvalue weighted by Crippen LogP contribution is 2.12. The molecular formula is C16H28N4. The highest BCUT2D eigenvalue weighted by molar-refractivity contribution is 5.09. The van der Waals surface area contributed by atoms with Gasteiger partial charge in [-0.25, -0.2) is 0 Å². The first-order valence-electron chi connectivity index (χ1n) is 7.82. The second-order valence-electron chi connectivity index (χ2n) is 5.76. The van der Waals surface area contributed by atoms with Crippen LogP contribution in [0.3, 0.4) is 0 Å². The molecule has 1 aromatic heterocycles. The molecule has 1 aromatic rings. The first-order valence-corrected chi connectivity index (χ1v) is 7.82. The second-order valence-corrected chi connectivity index (χ2v) is 5.76. The third kappa shape index (κ3) is 4.27. The lowest BCUT2D eigenvalue weighted by atomic mass is 10.1. The second kappa shape index (κ2) is 7.72. The van der Waals surface area contributed by atoms with Gasteiger partial charge in [-0.1, -0.05) is 19.4 Å². The molecule has 0 aliphatic carbocycles. The van der Waals surface area contributed by atoms with Crippen LogP contribution < -0.4 is 5.73 Å². The molecule has 1 fully saturated rings. The quantitative estimate of drug-likeness (QED) is 0.858. The van der Waals surface area contributed by atoms with Gasteiger partial charge in [0.15, 0.2) is 0 Å². The molecule has 1 saturated heterocycles. The fraction of sp³-hybridized carbons (Fsp3) is 0.688. The zero-order valence-corrected chi connectivity index (χ0v) is 12.9. The van der Waals surface area contributed by atoms with E-state index in [0.29, 0.717) is 6.04 Å². The van der Waals surface area contributed by atoms with E-state index in [9.17, 15) is 0 Å². The molecule has 1 aliphatic rings. The largest absolute Gasteiger partial charge is 0.329 e. The number of nitrogens with two attached hydrogens (primary N) is 1. The molecule has 0 aromatic carbocycles. The summed E-state index contributed by atoms with van der Waals surface area (Å²) in [4.78, 5) is 9.65. The minimum atomic E-state index is 0.569. The molecule has 112 valence electrons. The van der Waals surface area contributed by atoms with Crippen molar-refractivity contribution in [2.45, 2.75) is 39.3 Å². The van der Waals surface area contributed by atoms with Crippen LogP contribution in [-0.4, -0.2) is 53.5 Å². The fourth-order valence-corrected chi connectivity index (χ4v) is 2.99. The molecule has 0 bridgehead atoms. The summed E-state index contributed by atoms with van der Waals surface area (Å²) in [6, 6.07) is 6.84. The monoisotopic (exact) mass is 276 g/mol. The summed E-state index contributed by atoms with van der Waals surface area (Å²) in [6.45, 7) is 10.6. The first kappa shape index (κ1) is 15.4. The Bertz CT molecular complexity index is 399. The third-order valence-electron chi connectivity index (χ3n) is 4.15. The lowest BCUT2D eigenvalue weighted by Gasteiger charge is -2.38. The lowest BCUT2D eigenvalue weighted by molar-refractivity contribution is 0.0897. The molecule has 20 heavy (non-hydrogen) atoms. The van der Waals surface area contributed by atoms with Crippen molar-refractivity contribution in [3.63, 3.8) is 0 Å². The predicted octanol–water partition coefficient (Wildman–Crippen LogP) is 1.64. The maximum Gasteiger partial charge on any atom is 0.0547 e. The molecule has 1 unspecified atom stereocenters. The van der Waals surface area contributed by atoms with Crippen LogP contribution in [0.1, 0.15) is 31.2 Å². The van der Waals surface area contributed by atoms with Crippen LogP contribution in [0.25, 0.3) is 0 Å². The van der Waals surface area contributed by atoms with Crippen LogP contribution in [0.2, 0.25) is 0 Å². The van der Waals surface area contributed by atoms with Gasteiger partial charge in [0.1, 0.15) is 0 Å². The van der Waals surface area contributed by atoms with Crippen molar-refractivity contribution in [2.75, 3.05) is 32.7 Å². The van der Waals surface area contributed by atoms with Crippen molar-refractivity contribution in [2.24, 2.45) is 5.73 Å². The number of rotatable bonds is 6. The standard InChI is InChI=1S/C16H28N4/c1-3-5-16(12-17)20-10-8-19(9-11-20)13-15-7-4-6-14(2)18-15/h4,6-7,16H,3,5,8-13,17H2,1-2H3. The van der Waals surface area contributed by atoms with Gasteiger partial charge in [0.05, 0.1) is 5.69 Å². The van der Waals surface area contributed by atoms with Gasteiger partial charge < -0.3 is 5.73 Å². The smallest absolute Gasteiger partial charge is 0.0547 e. The number of nitrogens with zero attached hydrogens (tertiary/aromatic N) is 3. The molecule has 4 heteroatoms. The molecule has 2 N–H and O–H groups in total. The van der Waals surface area contributed by atoms with Crippen LogP contribution >= 0.6 is 0 Å². The minimum Gasteiger partial charge on any atom is -0.329 e. The van der Waals surface area contributed by atoms with Crippen LogP contribution in [0.4, 0.5) is 0 Å². The minimum absolute atomic E-state index is 0.569. The molecule has 4 nitrogen and oxygen atoms in total. The summed E-state index contributed by atoms with van der Waals surface area (Å²) in [6.07, 6.45) is 2.44. The number of aryl methyl sites for hydroxylation is 1. The summed E-state index contributed by atoms with van der Waals surface area (Å²) in [7, 11) is 0. The normalized spacial score (nSPS) is 19.1. The highest BCUT2D eigenvalue weighted by atomic mass is 15.3. The lowest BCUT2D eigenvalue weighted by Crippen LogP contribution is -2.52. The van der Waals surface area contributed by atoms with Crippen molar-refractivity contribution >= 4 is 0 Å². The topological polar surface area (TPSA) is 45.4 Å². The first-order chi connectivity index (χ1) is 9.72. The summed E-state index contributed by atoms with van der Waals surface area (Å²) in [5.41, 5.74) is 8.19. The number of piperazine rings is 1. The predicted molar refractivity (Wildman–Crippen MR) is 83.6 cm³/mol. The van der Waals surface area contributed by atoms with E-state index in [2.05, 4.69) is 46.8 Å². The number of pyridine rings is 1. The summed E-state index contributed by atoms with van der Waals surface area (Å²) >= 11 is 0. The zero-order valence-electron chi connectivity index (χ0n) is 12.9. The van der Waals surface area contributed by atoms with Gasteiger partial charge in [0, 0.05) is 51.0 Å². The maximum atomic E-state index is 5.90. The van der Waals surface area contributed by atoms with Crippen molar-refractivity contribution in [1.82, 2.24) is 14.8 Å². The molecule has 1 aliphatic heterocycles. The van der Waals surface area contributed by atoms with Crippen LogP contribution in [-0.2, 0) is 6.54 Å². The average molecular weight is 276 g/mol. The Balaban J connectivity index is 1.82. The Morgan fingerprint density at radius 3 is 2.60 bits per heavy atom. The third-order valence-corrected chi connectivity index (χ3v) is 4.15. The maximum absolute atomic E-state index is 5.90. The molecule has 0 spiro atoms. The highest BCUT2D eigenvalue weighted by Gasteiger charge is 2.22. The molecule has 1 atom stereocenters. The Morgan fingerprint density at radius 1 is 1.25 bits per heavy atom. The van der Waals surface area contributed by atoms with E-state index in [0.717, 1.165) is 45.0 Å². The number of hydrogen-bond acceptors (Lipinski definition) is 4. The van der Waals surface area contributed by atoms with E-state index >= 15 is 0 Å². The van der Waals surface area contributed by atoms with Gasteiger partial charge in [0.25, 0.3) is 0 Å². The van der Waals surface area contributed by atoms with Crippen LogP contribution in [0, 0.1) is 6.92 Å². The van der Waals surface area contributed by atoms with Crippen LogP contribution in [0.5, 0.6) is 0 Å². The fourth-order valence-electron chi connectivity index (χ4n) is 2.99. The number of aromatic nitrogens is 1. The van der Waals surface area contributed by atoms with Gasteiger partial charge in [-0.05, 0) is 25.5 Å². The molecule has 0 amide bonds. The van der Waals surface area contributed by atoms with E-state index in [-0.39, 0.29) is 0 Å². The van der Waals surface area contributed by atoms with Gasteiger partial charge in [-0.2, -0.15) is 0 Å². The van der Waals surface area contributed by atoms with Crippen molar-refractivity contribution in [3.8, 4) is 0 Å². The SMILES string of the molecule is CCCC(CN)N1CCN(Cc2cccc(C)n2)CC1. The number of hydrogen-bond donors (Lipinski definition) is 1. The van der Waals surface area contributed by atoms with Gasteiger partial charge in [-0.3, -0.25) is 14.8 Å². The van der Waals surface area contributed by atoms with Crippen LogP contribution in [0.15, 0.2) is 18.2 Å². The van der Waals surface area contributed by atoms with Gasteiger partial charge in [-0.15, -0.1) is 0 Å². The zero-order chi connectivity index (χ0) is 14.4. The summed E-state index contributed by atoms with van der Waals surface area (Å²) in [5.74, 6) is 0. The summed E-state index contributed by atoms with van der Waals surface area (Å²) in [5, 5.41) is 0. The average Bonchev–Trinajstić information content (AvgIpc) is 2.46. The van der Waals surface area contributed by atoms with E-state index in [4.69, 9.17) is 5.73 Å². The van der Waals surface area contributed by atoms with Crippen molar-refractivity contribution in [3.05, 3.63) is 29.6 Å². The summed E-state index contributed by atoms with van der Waals surface area (Å²) < 4.78 is 0. The molecule has 0 saturated carbocycles. The molecule has 2 heterocycles. The van der Waals surface area contributed by atoms with E-state index in [1.807, 2.05) is 0 Å². The van der Waals surface area contributed by atoms with Crippen molar-refractivity contribution < 1.29 is 0 Å². The molecule has 2 rings (SSSR count). The Hall–Kier alpha value is -0.970. The van der Waals surface area contributed by atoms with Gasteiger partial charge in [0.2, 0.25) is 0 Å². The van der Waals surface area contributed by atoms with E-state index < -0.39 is 0 Å². The Labute approximate surface area is 123 Å². The molecule has 0 radical (unpaired) electrons.